The number of hydrogen-bond acceptors (Lipinski definition) is 3. The molecule has 0 aromatic heterocycles. The molecule has 4 heteroatoms. The normalized spacial score (nSPS) is 21.9. The van der Waals surface area contributed by atoms with Crippen molar-refractivity contribution in [3.63, 3.8) is 0 Å². The van der Waals surface area contributed by atoms with Gasteiger partial charge in [-0.1, -0.05) is 56.2 Å². The fourth-order valence-corrected chi connectivity index (χ4v) is 2.51. The van der Waals surface area contributed by atoms with Crippen LogP contribution in [0.1, 0.15) is 64.7 Å². The predicted octanol–water partition coefficient (Wildman–Crippen LogP) is 4.40. The Balaban J connectivity index is 2.03. The molecular weight excluding hydrogens is 304 g/mol. The second-order valence-corrected chi connectivity index (χ2v) is 6.32. The van der Waals surface area contributed by atoms with E-state index in [4.69, 9.17) is 9.84 Å². The van der Waals surface area contributed by atoms with Crippen molar-refractivity contribution < 1.29 is 19.7 Å². The monoisotopic (exact) mass is 336 g/mol. The zero-order chi connectivity index (χ0) is 17.6. The zero-order valence-corrected chi connectivity index (χ0v) is 14.8. The topological polar surface area (TPSA) is 70.1 Å². The van der Waals surface area contributed by atoms with Gasteiger partial charge in [-0.05, 0) is 32.1 Å². The molecule has 0 aliphatic carbocycles. The summed E-state index contributed by atoms with van der Waals surface area (Å²) < 4.78 is 5.55. The molecule has 24 heavy (non-hydrogen) atoms. The smallest absolute Gasteiger partial charge is 0.303 e. The summed E-state index contributed by atoms with van der Waals surface area (Å²) in [5.41, 5.74) is 0. The van der Waals surface area contributed by atoms with Crippen molar-refractivity contribution in [3.8, 4) is 0 Å². The van der Waals surface area contributed by atoms with Crippen molar-refractivity contribution >= 4 is 5.97 Å². The number of rotatable bonds is 14. The molecule has 0 aromatic carbocycles. The van der Waals surface area contributed by atoms with E-state index in [1.165, 1.54) is 19.3 Å². The first kappa shape index (κ1) is 20.7. The quantitative estimate of drug-likeness (QED) is 0.213. The van der Waals surface area contributed by atoms with Gasteiger partial charge >= 0.3 is 5.97 Å². The maximum Gasteiger partial charge on any atom is 0.303 e. The molecule has 4 nitrogen and oxygen atoms in total. The molecule has 2 N–H and O–H groups in total. The summed E-state index contributed by atoms with van der Waals surface area (Å²) in [6.07, 6.45) is 19.8. The SMILES string of the molecule is CCCCC/C=C/C=C/[C@@H](O)C[C@H]1O[C@H]1C/C=C/CCCC(=O)O. The van der Waals surface area contributed by atoms with E-state index < -0.39 is 12.1 Å². The molecule has 0 unspecified atom stereocenters. The Labute approximate surface area is 145 Å². The second kappa shape index (κ2) is 13.0. The van der Waals surface area contributed by atoms with E-state index in [1.54, 1.807) is 0 Å². The van der Waals surface area contributed by atoms with Gasteiger partial charge in [0, 0.05) is 12.8 Å². The molecule has 0 bridgehead atoms. The van der Waals surface area contributed by atoms with Crippen molar-refractivity contribution in [2.75, 3.05) is 0 Å². The van der Waals surface area contributed by atoms with Crippen LogP contribution in [0.2, 0.25) is 0 Å². The molecule has 0 amide bonds. The molecule has 1 saturated heterocycles. The Bertz CT molecular complexity index is 425. The largest absolute Gasteiger partial charge is 0.481 e. The van der Waals surface area contributed by atoms with Gasteiger partial charge in [-0.3, -0.25) is 4.79 Å². The molecular formula is C20H32O4. The van der Waals surface area contributed by atoms with Crippen LogP contribution in [0.4, 0.5) is 0 Å². The summed E-state index contributed by atoms with van der Waals surface area (Å²) in [6.45, 7) is 2.20. The van der Waals surface area contributed by atoms with Crippen LogP contribution in [0.5, 0.6) is 0 Å². The summed E-state index contributed by atoms with van der Waals surface area (Å²) in [4.78, 5) is 10.4. The van der Waals surface area contributed by atoms with Crippen LogP contribution in [0.3, 0.4) is 0 Å². The van der Waals surface area contributed by atoms with Gasteiger partial charge in [-0.25, -0.2) is 0 Å². The Morgan fingerprint density at radius 1 is 1.08 bits per heavy atom. The molecule has 0 radical (unpaired) electrons. The van der Waals surface area contributed by atoms with Crippen molar-refractivity contribution in [1.29, 1.82) is 0 Å². The minimum absolute atomic E-state index is 0.141. The summed E-state index contributed by atoms with van der Waals surface area (Å²) >= 11 is 0. The van der Waals surface area contributed by atoms with Crippen molar-refractivity contribution in [2.45, 2.75) is 83.0 Å². The van der Waals surface area contributed by atoms with Crippen LogP contribution in [0.25, 0.3) is 0 Å². The van der Waals surface area contributed by atoms with E-state index in [2.05, 4.69) is 13.0 Å². The Morgan fingerprint density at radius 3 is 2.62 bits per heavy atom. The van der Waals surface area contributed by atoms with E-state index in [0.29, 0.717) is 12.8 Å². The lowest BCUT2D eigenvalue weighted by Crippen LogP contribution is -2.07. The number of hydrogen-bond donors (Lipinski definition) is 2. The summed E-state index contributed by atoms with van der Waals surface area (Å²) in [5, 5.41) is 18.5. The van der Waals surface area contributed by atoms with Crippen LogP contribution in [-0.4, -0.2) is 34.5 Å². The predicted molar refractivity (Wildman–Crippen MR) is 97.0 cm³/mol. The third kappa shape index (κ3) is 11.2. The molecule has 1 aliphatic rings. The summed E-state index contributed by atoms with van der Waals surface area (Å²) in [5.74, 6) is -0.744. The highest BCUT2D eigenvalue weighted by atomic mass is 16.6. The molecule has 1 heterocycles. The Kier molecular flexibility index (Phi) is 11.2. The highest BCUT2D eigenvalue weighted by molar-refractivity contribution is 5.66. The number of aliphatic hydroxyl groups is 1. The number of carboxylic acids is 1. The van der Waals surface area contributed by atoms with Crippen LogP contribution >= 0.6 is 0 Å². The lowest BCUT2D eigenvalue weighted by molar-refractivity contribution is -0.137. The number of allylic oxidation sites excluding steroid dienone is 4. The number of epoxide rings is 1. The van der Waals surface area contributed by atoms with Crippen molar-refractivity contribution in [1.82, 2.24) is 0 Å². The van der Waals surface area contributed by atoms with E-state index in [1.807, 2.05) is 30.4 Å². The van der Waals surface area contributed by atoms with Gasteiger partial charge in [0.05, 0.1) is 18.3 Å². The van der Waals surface area contributed by atoms with Crippen molar-refractivity contribution in [2.24, 2.45) is 0 Å². The number of aliphatic carboxylic acids is 1. The van der Waals surface area contributed by atoms with Gasteiger partial charge in [0.2, 0.25) is 0 Å². The number of carboxylic acid groups (broad SMARTS) is 1. The lowest BCUT2D eigenvalue weighted by Gasteiger charge is -2.00. The van der Waals surface area contributed by atoms with Crippen molar-refractivity contribution in [3.05, 3.63) is 36.5 Å². The van der Waals surface area contributed by atoms with Crippen LogP contribution in [0.15, 0.2) is 36.5 Å². The van der Waals surface area contributed by atoms with Gasteiger partial charge in [-0.2, -0.15) is 0 Å². The first-order chi connectivity index (χ1) is 11.6. The average molecular weight is 336 g/mol. The average Bonchev–Trinajstić information content (AvgIpc) is 3.27. The minimum atomic E-state index is -0.744. The molecule has 0 saturated carbocycles. The Morgan fingerprint density at radius 2 is 1.88 bits per heavy atom. The lowest BCUT2D eigenvalue weighted by atomic mass is 10.1. The molecule has 3 atom stereocenters. The molecule has 1 aliphatic heterocycles. The first-order valence-corrected chi connectivity index (χ1v) is 9.17. The number of ether oxygens (including phenoxy) is 1. The molecule has 1 rings (SSSR count). The highest BCUT2D eigenvalue weighted by Crippen LogP contribution is 2.30. The fourth-order valence-electron chi connectivity index (χ4n) is 2.51. The maximum absolute atomic E-state index is 10.4. The molecule has 0 aromatic rings. The molecule has 1 fully saturated rings. The molecule has 0 spiro atoms. The first-order valence-electron chi connectivity index (χ1n) is 9.17. The van der Waals surface area contributed by atoms with Gasteiger partial charge in [0.25, 0.3) is 0 Å². The summed E-state index contributed by atoms with van der Waals surface area (Å²) in [6, 6.07) is 0. The fraction of sp³-hybridized carbons (Fsp3) is 0.650. The Hall–Kier alpha value is -1.39. The van der Waals surface area contributed by atoms with E-state index in [-0.39, 0.29) is 18.6 Å². The number of unbranched alkanes of at least 4 members (excludes halogenated alkanes) is 4. The second-order valence-electron chi connectivity index (χ2n) is 6.32. The van der Waals surface area contributed by atoms with E-state index >= 15 is 0 Å². The van der Waals surface area contributed by atoms with Gasteiger partial charge in [0.1, 0.15) is 0 Å². The number of aliphatic hydroxyl groups excluding tert-OH is 1. The van der Waals surface area contributed by atoms with Crippen LogP contribution < -0.4 is 0 Å². The van der Waals surface area contributed by atoms with E-state index in [9.17, 15) is 9.90 Å². The molecule has 136 valence electrons. The third-order valence-corrected chi connectivity index (χ3v) is 4.01. The maximum atomic E-state index is 10.4. The van der Waals surface area contributed by atoms with E-state index in [0.717, 1.165) is 19.3 Å². The van der Waals surface area contributed by atoms with Crippen LogP contribution in [-0.2, 0) is 9.53 Å². The summed E-state index contributed by atoms with van der Waals surface area (Å²) in [7, 11) is 0. The van der Waals surface area contributed by atoms with Crippen LogP contribution in [0, 0.1) is 0 Å². The number of carbonyl (C=O) groups is 1. The third-order valence-electron chi connectivity index (χ3n) is 4.01. The minimum Gasteiger partial charge on any atom is -0.481 e. The van der Waals surface area contributed by atoms with Gasteiger partial charge < -0.3 is 14.9 Å². The van der Waals surface area contributed by atoms with Gasteiger partial charge in [0.15, 0.2) is 0 Å². The van der Waals surface area contributed by atoms with Gasteiger partial charge in [-0.15, -0.1) is 0 Å². The standard InChI is InChI=1S/C20H32O4/c1-2-3-4-5-6-7-10-13-17(21)16-19-18(24-19)14-11-8-9-12-15-20(22)23/h6-8,10-11,13,17-19,21H,2-5,9,12,14-16H2,1H3,(H,22,23)/b7-6+,11-8+,13-10+/t17-,18+,19-/m1/s1. The zero-order valence-electron chi connectivity index (χ0n) is 14.8. The highest BCUT2D eigenvalue weighted by Gasteiger charge is 2.38.